The van der Waals surface area contributed by atoms with Gasteiger partial charge in [0.25, 0.3) is 5.69 Å². The van der Waals surface area contributed by atoms with Crippen LogP contribution in [0.3, 0.4) is 0 Å². The molecule has 0 spiro atoms. The van der Waals surface area contributed by atoms with Crippen molar-refractivity contribution in [3.05, 3.63) is 73.8 Å². The number of hydrazone groups is 1. The highest BCUT2D eigenvalue weighted by Gasteiger charge is 2.23. The Morgan fingerprint density at radius 2 is 1.76 bits per heavy atom. The van der Waals surface area contributed by atoms with Crippen molar-refractivity contribution in [2.45, 2.75) is 25.7 Å². The molecule has 0 heterocycles. The number of nitro benzene ring substituents is 2. The average molecular weight is 340 g/mol. The van der Waals surface area contributed by atoms with Crippen molar-refractivity contribution in [1.29, 1.82) is 0 Å². The van der Waals surface area contributed by atoms with Gasteiger partial charge in [-0.15, -0.1) is 0 Å². The Bertz CT molecular complexity index is 857. The number of hydrogen-bond acceptors (Lipinski definition) is 6. The minimum Gasteiger partial charge on any atom is -0.271 e. The smallest absolute Gasteiger partial charge is 0.271 e. The molecule has 25 heavy (non-hydrogen) atoms. The molecule has 0 bridgehead atoms. The summed E-state index contributed by atoms with van der Waals surface area (Å²) in [6.45, 7) is 1.79. The molecule has 1 N–H and O–H groups in total. The summed E-state index contributed by atoms with van der Waals surface area (Å²) < 4.78 is 0. The van der Waals surface area contributed by atoms with Crippen molar-refractivity contribution in [3.63, 3.8) is 0 Å². The van der Waals surface area contributed by atoms with E-state index >= 15 is 0 Å². The first kappa shape index (κ1) is 16.6. The molecular formula is C17H16N4O4. The van der Waals surface area contributed by atoms with Gasteiger partial charge in [0, 0.05) is 6.07 Å². The number of rotatable bonds is 6. The fourth-order valence-corrected chi connectivity index (χ4v) is 2.50. The van der Waals surface area contributed by atoms with Crippen LogP contribution >= 0.6 is 0 Å². The van der Waals surface area contributed by atoms with Gasteiger partial charge in [0.05, 0.1) is 21.6 Å². The minimum absolute atomic E-state index is 0.101. The lowest BCUT2D eigenvalue weighted by molar-refractivity contribution is -0.393. The summed E-state index contributed by atoms with van der Waals surface area (Å²) in [5.74, 6) is 0.673. The number of hydrogen-bond donors (Lipinski definition) is 1. The van der Waals surface area contributed by atoms with Gasteiger partial charge < -0.3 is 0 Å². The number of nitrogens with one attached hydrogen (secondary N) is 1. The molecule has 0 amide bonds. The van der Waals surface area contributed by atoms with Crippen LogP contribution in [0, 0.1) is 20.2 Å². The van der Waals surface area contributed by atoms with E-state index in [0.717, 1.165) is 11.6 Å². The Balaban J connectivity index is 1.80. The molecule has 0 atom stereocenters. The van der Waals surface area contributed by atoms with E-state index in [2.05, 4.69) is 22.7 Å². The van der Waals surface area contributed by atoms with E-state index in [4.69, 9.17) is 0 Å². The van der Waals surface area contributed by atoms with E-state index in [1.807, 2.05) is 12.1 Å². The zero-order valence-electron chi connectivity index (χ0n) is 13.5. The monoisotopic (exact) mass is 340 g/mol. The number of nitrogens with zero attached hydrogens (tertiary/aromatic N) is 3. The van der Waals surface area contributed by atoms with Gasteiger partial charge in [-0.3, -0.25) is 25.7 Å². The van der Waals surface area contributed by atoms with Crippen molar-refractivity contribution in [2.24, 2.45) is 5.10 Å². The zero-order valence-corrected chi connectivity index (χ0v) is 13.5. The van der Waals surface area contributed by atoms with Crippen LogP contribution in [0.4, 0.5) is 17.1 Å². The van der Waals surface area contributed by atoms with E-state index in [9.17, 15) is 20.2 Å². The maximum absolute atomic E-state index is 11.1. The topological polar surface area (TPSA) is 111 Å². The molecule has 1 saturated carbocycles. The van der Waals surface area contributed by atoms with E-state index in [1.165, 1.54) is 30.5 Å². The quantitative estimate of drug-likeness (QED) is 0.481. The predicted octanol–water partition coefficient (Wildman–Crippen LogP) is 4.22. The molecule has 8 nitrogen and oxygen atoms in total. The number of anilines is 1. The lowest BCUT2D eigenvalue weighted by atomic mass is 10.1. The lowest BCUT2D eigenvalue weighted by Gasteiger charge is -2.05. The Kier molecular flexibility index (Phi) is 4.42. The lowest BCUT2D eigenvalue weighted by Crippen LogP contribution is -2.02. The number of nitro groups is 2. The zero-order chi connectivity index (χ0) is 18.0. The van der Waals surface area contributed by atoms with Gasteiger partial charge in [-0.25, -0.2) is 0 Å². The van der Waals surface area contributed by atoms with Crippen molar-refractivity contribution < 1.29 is 9.85 Å². The highest BCUT2D eigenvalue weighted by molar-refractivity contribution is 5.99. The van der Waals surface area contributed by atoms with Gasteiger partial charge in [-0.2, -0.15) is 5.10 Å². The van der Waals surface area contributed by atoms with Crippen LogP contribution < -0.4 is 5.43 Å². The fourth-order valence-electron chi connectivity index (χ4n) is 2.50. The normalized spacial score (nSPS) is 14.2. The molecule has 0 radical (unpaired) electrons. The molecule has 1 fully saturated rings. The molecule has 8 heteroatoms. The second-order valence-corrected chi connectivity index (χ2v) is 5.92. The van der Waals surface area contributed by atoms with Crippen molar-refractivity contribution >= 4 is 22.8 Å². The third kappa shape index (κ3) is 3.79. The van der Waals surface area contributed by atoms with Crippen LogP contribution in [0.25, 0.3) is 0 Å². The number of benzene rings is 2. The largest absolute Gasteiger partial charge is 0.301 e. The minimum atomic E-state index is -0.676. The molecule has 0 aromatic heterocycles. The standard InChI is InChI=1S/C17H16N4O4/c1-11(12-2-4-13(5-3-12)14-6-7-14)18-19-16-9-8-15(20(22)23)10-17(16)21(24)25/h2-5,8-10,14,19H,6-7H2,1H3/b18-11+. The highest BCUT2D eigenvalue weighted by atomic mass is 16.6. The van der Waals surface area contributed by atoms with Crippen LogP contribution in [0.1, 0.15) is 36.8 Å². The Hall–Kier alpha value is -3.29. The third-order valence-electron chi connectivity index (χ3n) is 4.11. The van der Waals surface area contributed by atoms with Crippen LogP contribution in [-0.4, -0.2) is 15.6 Å². The summed E-state index contributed by atoms with van der Waals surface area (Å²) in [6, 6.07) is 11.5. The van der Waals surface area contributed by atoms with Gasteiger partial charge in [0.1, 0.15) is 5.69 Å². The Labute approximate surface area is 143 Å². The van der Waals surface area contributed by atoms with Gasteiger partial charge >= 0.3 is 5.69 Å². The second-order valence-electron chi connectivity index (χ2n) is 5.92. The molecule has 0 saturated heterocycles. The van der Waals surface area contributed by atoms with Crippen molar-refractivity contribution in [1.82, 2.24) is 0 Å². The van der Waals surface area contributed by atoms with Crippen LogP contribution in [0.15, 0.2) is 47.6 Å². The van der Waals surface area contributed by atoms with E-state index in [1.54, 1.807) is 6.92 Å². The fraction of sp³-hybridized carbons (Fsp3) is 0.235. The first-order valence-corrected chi connectivity index (χ1v) is 7.79. The summed E-state index contributed by atoms with van der Waals surface area (Å²) in [5, 5.41) is 26.0. The second kappa shape index (κ2) is 6.68. The maximum atomic E-state index is 11.1. The van der Waals surface area contributed by atoms with Gasteiger partial charge in [0.2, 0.25) is 0 Å². The van der Waals surface area contributed by atoms with Gasteiger partial charge in [0.15, 0.2) is 0 Å². The molecule has 2 aromatic rings. The Morgan fingerprint density at radius 3 is 2.32 bits per heavy atom. The molecule has 2 aromatic carbocycles. The molecule has 1 aliphatic rings. The highest BCUT2D eigenvalue weighted by Crippen LogP contribution is 2.39. The van der Waals surface area contributed by atoms with Crippen LogP contribution in [0.2, 0.25) is 0 Å². The summed E-state index contributed by atoms with van der Waals surface area (Å²) in [6.07, 6.45) is 2.47. The third-order valence-corrected chi connectivity index (χ3v) is 4.11. The molecule has 128 valence electrons. The molecule has 0 aliphatic heterocycles. The van der Waals surface area contributed by atoms with Gasteiger partial charge in [-0.05, 0) is 42.9 Å². The first-order chi connectivity index (χ1) is 12.0. The molecule has 1 aliphatic carbocycles. The first-order valence-electron chi connectivity index (χ1n) is 7.79. The van der Waals surface area contributed by atoms with Gasteiger partial charge in [-0.1, -0.05) is 24.3 Å². The van der Waals surface area contributed by atoms with E-state index < -0.39 is 15.5 Å². The Morgan fingerprint density at radius 1 is 1.08 bits per heavy atom. The SMILES string of the molecule is C/C(=N\Nc1ccc([N+](=O)[O-])cc1[N+](=O)[O-])c1ccc(C2CC2)cc1. The summed E-state index contributed by atoms with van der Waals surface area (Å²) >= 11 is 0. The summed E-state index contributed by atoms with van der Waals surface area (Å²) in [5.41, 5.74) is 4.88. The van der Waals surface area contributed by atoms with Crippen molar-refractivity contribution in [3.8, 4) is 0 Å². The predicted molar refractivity (Wildman–Crippen MR) is 94.0 cm³/mol. The maximum Gasteiger partial charge on any atom is 0.301 e. The summed E-state index contributed by atoms with van der Waals surface area (Å²) in [4.78, 5) is 20.5. The molecule has 3 rings (SSSR count). The van der Waals surface area contributed by atoms with E-state index in [-0.39, 0.29) is 11.4 Å². The van der Waals surface area contributed by atoms with Crippen molar-refractivity contribution in [2.75, 3.05) is 5.43 Å². The van der Waals surface area contributed by atoms with E-state index in [0.29, 0.717) is 11.6 Å². The molecular weight excluding hydrogens is 324 g/mol. The number of non-ortho nitro benzene ring substituents is 1. The van der Waals surface area contributed by atoms with Crippen LogP contribution in [-0.2, 0) is 0 Å². The average Bonchev–Trinajstić information content (AvgIpc) is 3.44. The summed E-state index contributed by atoms with van der Waals surface area (Å²) in [7, 11) is 0. The van der Waals surface area contributed by atoms with Crippen LogP contribution in [0.5, 0.6) is 0 Å². The molecule has 0 unspecified atom stereocenters.